The molecule has 0 aliphatic carbocycles. The Kier molecular flexibility index (Phi) is 4.34. The average molecular weight is 295 g/mol. The summed E-state index contributed by atoms with van der Waals surface area (Å²) in [6, 6.07) is 6.23. The van der Waals surface area contributed by atoms with E-state index in [1.54, 1.807) is 19.1 Å². The lowest BCUT2D eigenvalue weighted by Gasteiger charge is -2.09. The van der Waals surface area contributed by atoms with Crippen LogP contribution in [0.3, 0.4) is 0 Å². The zero-order valence-electron chi connectivity index (χ0n) is 10.9. The number of rotatable bonds is 5. The Bertz CT molecular complexity index is 653. The summed E-state index contributed by atoms with van der Waals surface area (Å²) in [5.41, 5.74) is 0. The molecule has 0 spiro atoms. The Hall–Kier alpha value is -1.95. The van der Waals surface area contributed by atoms with Gasteiger partial charge in [0.05, 0.1) is 4.88 Å². The van der Waals surface area contributed by atoms with E-state index < -0.39 is 5.97 Å². The van der Waals surface area contributed by atoms with Gasteiger partial charge < -0.3 is 10.4 Å². The zero-order valence-corrected chi connectivity index (χ0v) is 11.7. The minimum Gasteiger partial charge on any atom is -0.481 e. The molecule has 1 aromatic heterocycles. The standard InChI is InChI=1S/C14H14FNO3S/c1-8(5-13(17)18)7-16-14(19)12-6-9-10(15)3-2-4-11(9)20-12/h2-4,6,8H,5,7H2,1H3,(H,16,19)(H,17,18). The highest BCUT2D eigenvalue weighted by molar-refractivity contribution is 7.20. The number of aliphatic carboxylic acids is 1. The molecule has 106 valence electrons. The molecule has 2 N–H and O–H groups in total. The van der Waals surface area contributed by atoms with E-state index in [2.05, 4.69) is 5.32 Å². The van der Waals surface area contributed by atoms with Crippen molar-refractivity contribution in [1.82, 2.24) is 5.32 Å². The number of fused-ring (bicyclic) bond motifs is 1. The Morgan fingerprint density at radius 2 is 2.20 bits per heavy atom. The maximum Gasteiger partial charge on any atom is 0.303 e. The first-order chi connectivity index (χ1) is 9.47. The largest absolute Gasteiger partial charge is 0.481 e. The summed E-state index contributed by atoms with van der Waals surface area (Å²) in [4.78, 5) is 22.9. The zero-order chi connectivity index (χ0) is 14.7. The first kappa shape index (κ1) is 14.5. The van der Waals surface area contributed by atoms with Gasteiger partial charge in [-0.2, -0.15) is 0 Å². The lowest BCUT2D eigenvalue weighted by Crippen LogP contribution is -2.28. The van der Waals surface area contributed by atoms with Gasteiger partial charge >= 0.3 is 5.97 Å². The van der Waals surface area contributed by atoms with Crippen molar-refractivity contribution >= 4 is 33.3 Å². The molecule has 0 fully saturated rings. The molecule has 1 amide bonds. The summed E-state index contributed by atoms with van der Waals surface area (Å²) in [7, 11) is 0. The van der Waals surface area contributed by atoms with Gasteiger partial charge in [0.15, 0.2) is 0 Å². The van der Waals surface area contributed by atoms with Gasteiger partial charge in [0.2, 0.25) is 0 Å². The lowest BCUT2D eigenvalue weighted by atomic mass is 10.1. The summed E-state index contributed by atoms with van der Waals surface area (Å²) < 4.78 is 14.2. The van der Waals surface area contributed by atoms with Crippen LogP contribution in [0, 0.1) is 11.7 Å². The summed E-state index contributed by atoms with van der Waals surface area (Å²) >= 11 is 1.22. The van der Waals surface area contributed by atoms with Crippen molar-refractivity contribution in [1.29, 1.82) is 0 Å². The molecule has 2 aromatic rings. The number of carboxylic acids is 1. The number of benzene rings is 1. The van der Waals surface area contributed by atoms with Gasteiger partial charge in [-0.15, -0.1) is 11.3 Å². The number of carboxylic acid groups (broad SMARTS) is 1. The maximum atomic E-state index is 13.5. The second-order valence-electron chi connectivity index (χ2n) is 4.68. The Morgan fingerprint density at radius 3 is 2.85 bits per heavy atom. The molecule has 4 nitrogen and oxygen atoms in total. The van der Waals surface area contributed by atoms with Crippen LogP contribution in [0.25, 0.3) is 10.1 Å². The van der Waals surface area contributed by atoms with Crippen LogP contribution >= 0.6 is 11.3 Å². The highest BCUT2D eigenvalue weighted by Gasteiger charge is 2.14. The monoisotopic (exact) mass is 295 g/mol. The van der Waals surface area contributed by atoms with Crippen molar-refractivity contribution in [3.63, 3.8) is 0 Å². The van der Waals surface area contributed by atoms with Gasteiger partial charge in [0, 0.05) is 23.1 Å². The van der Waals surface area contributed by atoms with Crippen molar-refractivity contribution in [2.24, 2.45) is 5.92 Å². The minimum absolute atomic E-state index is 0.00131. The number of hydrogen-bond acceptors (Lipinski definition) is 3. The SMILES string of the molecule is CC(CNC(=O)c1cc2c(F)cccc2s1)CC(=O)O. The highest BCUT2D eigenvalue weighted by Crippen LogP contribution is 2.27. The molecule has 0 radical (unpaired) electrons. The fourth-order valence-corrected chi connectivity index (χ4v) is 2.85. The molecule has 1 heterocycles. The van der Waals surface area contributed by atoms with E-state index in [1.807, 2.05) is 0 Å². The van der Waals surface area contributed by atoms with E-state index in [0.717, 1.165) is 0 Å². The number of amides is 1. The number of hydrogen-bond donors (Lipinski definition) is 2. The van der Waals surface area contributed by atoms with Crippen LogP contribution in [-0.4, -0.2) is 23.5 Å². The molecule has 1 aromatic carbocycles. The van der Waals surface area contributed by atoms with Gasteiger partial charge in [-0.05, 0) is 24.1 Å². The Labute approximate surface area is 119 Å². The first-order valence-electron chi connectivity index (χ1n) is 6.15. The molecule has 0 saturated heterocycles. The smallest absolute Gasteiger partial charge is 0.303 e. The van der Waals surface area contributed by atoms with Crippen molar-refractivity contribution in [3.8, 4) is 0 Å². The molecule has 2 rings (SSSR count). The third-order valence-corrected chi connectivity index (χ3v) is 3.97. The van der Waals surface area contributed by atoms with E-state index in [0.29, 0.717) is 15.0 Å². The number of carbonyl (C=O) groups is 2. The van der Waals surface area contributed by atoms with E-state index in [-0.39, 0.29) is 30.6 Å². The molecule has 0 aliphatic rings. The molecule has 0 bridgehead atoms. The van der Waals surface area contributed by atoms with Crippen molar-refractivity contribution in [2.75, 3.05) is 6.54 Å². The highest BCUT2D eigenvalue weighted by atomic mass is 32.1. The number of nitrogens with one attached hydrogen (secondary N) is 1. The number of halogens is 1. The lowest BCUT2D eigenvalue weighted by molar-refractivity contribution is -0.137. The molecule has 6 heteroatoms. The summed E-state index contributed by atoms with van der Waals surface area (Å²) in [5, 5.41) is 11.7. The second-order valence-corrected chi connectivity index (χ2v) is 5.76. The quantitative estimate of drug-likeness (QED) is 0.891. The normalized spacial score (nSPS) is 12.3. The maximum absolute atomic E-state index is 13.5. The van der Waals surface area contributed by atoms with Gasteiger partial charge in [0.25, 0.3) is 5.91 Å². The molecule has 1 unspecified atom stereocenters. The van der Waals surface area contributed by atoms with Crippen molar-refractivity contribution in [2.45, 2.75) is 13.3 Å². The van der Waals surface area contributed by atoms with E-state index in [9.17, 15) is 14.0 Å². The third-order valence-electron chi connectivity index (χ3n) is 2.87. The number of carbonyl (C=O) groups excluding carboxylic acids is 1. The van der Waals surface area contributed by atoms with Crippen LogP contribution in [-0.2, 0) is 4.79 Å². The summed E-state index contributed by atoms with van der Waals surface area (Å²) in [6.07, 6.45) is 0.00131. The fraction of sp³-hybridized carbons (Fsp3) is 0.286. The van der Waals surface area contributed by atoms with Gasteiger partial charge in [-0.25, -0.2) is 4.39 Å². The predicted octanol–water partition coefficient (Wildman–Crippen LogP) is 2.88. The fourth-order valence-electron chi connectivity index (χ4n) is 1.86. The van der Waals surface area contributed by atoms with Crippen molar-refractivity contribution < 1.29 is 19.1 Å². The second kappa shape index (κ2) is 6.00. The average Bonchev–Trinajstić information content (AvgIpc) is 2.80. The molecule has 1 atom stereocenters. The minimum atomic E-state index is -0.893. The van der Waals surface area contributed by atoms with Crippen LogP contribution in [0.2, 0.25) is 0 Å². The topological polar surface area (TPSA) is 66.4 Å². The Balaban J connectivity index is 2.04. The molecular formula is C14H14FNO3S. The summed E-state index contributed by atoms with van der Waals surface area (Å²) in [6.45, 7) is 2.03. The van der Waals surface area contributed by atoms with Crippen molar-refractivity contribution in [3.05, 3.63) is 35.0 Å². The van der Waals surface area contributed by atoms with Crippen LogP contribution in [0.15, 0.2) is 24.3 Å². The molecule has 0 aliphatic heterocycles. The summed E-state index contributed by atoms with van der Waals surface area (Å²) in [5.74, 6) is -1.70. The molecule has 20 heavy (non-hydrogen) atoms. The van der Waals surface area contributed by atoms with Gasteiger partial charge in [-0.3, -0.25) is 9.59 Å². The van der Waals surface area contributed by atoms with E-state index in [1.165, 1.54) is 23.5 Å². The van der Waals surface area contributed by atoms with Gasteiger partial charge in [0.1, 0.15) is 5.82 Å². The predicted molar refractivity (Wildman–Crippen MR) is 75.5 cm³/mol. The van der Waals surface area contributed by atoms with E-state index >= 15 is 0 Å². The Morgan fingerprint density at radius 1 is 1.45 bits per heavy atom. The van der Waals surface area contributed by atoms with Crippen LogP contribution < -0.4 is 5.32 Å². The molecule has 0 saturated carbocycles. The van der Waals surface area contributed by atoms with E-state index in [4.69, 9.17) is 5.11 Å². The molecular weight excluding hydrogens is 281 g/mol. The van der Waals surface area contributed by atoms with Crippen LogP contribution in [0.1, 0.15) is 23.0 Å². The first-order valence-corrected chi connectivity index (χ1v) is 6.97. The van der Waals surface area contributed by atoms with Crippen LogP contribution in [0.4, 0.5) is 4.39 Å². The van der Waals surface area contributed by atoms with Gasteiger partial charge in [-0.1, -0.05) is 13.0 Å². The third kappa shape index (κ3) is 3.33. The number of thiophene rings is 1. The van der Waals surface area contributed by atoms with Crippen LogP contribution in [0.5, 0.6) is 0 Å².